The standard InChI is InChI=1S/C29H28F3NO3/c1-2-33(24-14-7-21(8-15-24)9-16-25-17-18-26(20-34)36-25)19-5-3-4-6-27(35)22-10-12-23(13-11-22)28(30)29(31)32/h7-18,20H,2-6,19H2,1H3. The number of hydrogen-bond acceptors (Lipinski definition) is 4. The van der Waals surface area contributed by atoms with Gasteiger partial charge in [-0.2, -0.15) is 8.78 Å². The minimum absolute atomic E-state index is 0.0837. The number of hydrogen-bond donors (Lipinski definition) is 0. The summed E-state index contributed by atoms with van der Waals surface area (Å²) in [6.07, 6.45) is 4.90. The van der Waals surface area contributed by atoms with E-state index in [4.69, 9.17) is 4.42 Å². The Kier molecular flexibility index (Phi) is 9.86. The normalized spacial score (nSPS) is 11.0. The lowest BCUT2D eigenvalue weighted by atomic mass is 10.0. The van der Waals surface area contributed by atoms with Gasteiger partial charge in [0.15, 0.2) is 23.7 Å². The molecule has 0 atom stereocenters. The van der Waals surface area contributed by atoms with E-state index >= 15 is 0 Å². The molecular formula is C29H28F3NO3. The van der Waals surface area contributed by atoms with Gasteiger partial charge in [0.05, 0.1) is 0 Å². The Hall–Kier alpha value is -3.87. The van der Waals surface area contributed by atoms with Crippen LogP contribution in [-0.4, -0.2) is 25.2 Å². The number of furan rings is 1. The number of unbranched alkanes of at least 4 members (excludes halogenated alkanes) is 2. The van der Waals surface area contributed by atoms with Crippen LogP contribution in [0.25, 0.3) is 18.0 Å². The van der Waals surface area contributed by atoms with Crippen molar-refractivity contribution in [3.8, 4) is 0 Å². The monoisotopic (exact) mass is 495 g/mol. The number of ketones is 1. The highest BCUT2D eigenvalue weighted by Crippen LogP contribution is 2.23. The van der Waals surface area contributed by atoms with Gasteiger partial charge in [-0.3, -0.25) is 9.59 Å². The first-order valence-corrected chi connectivity index (χ1v) is 11.8. The molecule has 0 unspecified atom stereocenters. The molecule has 0 aliphatic rings. The molecule has 0 aliphatic carbocycles. The van der Waals surface area contributed by atoms with E-state index in [2.05, 4.69) is 24.0 Å². The van der Waals surface area contributed by atoms with E-state index in [9.17, 15) is 22.8 Å². The molecule has 36 heavy (non-hydrogen) atoms. The quantitative estimate of drug-likeness (QED) is 0.137. The van der Waals surface area contributed by atoms with Crippen LogP contribution >= 0.6 is 0 Å². The molecule has 0 N–H and O–H groups in total. The van der Waals surface area contributed by atoms with Crippen LogP contribution in [0.1, 0.15) is 70.4 Å². The Morgan fingerprint density at radius 2 is 1.50 bits per heavy atom. The lowest BCUT2D eigenvalue weighted by molar-refractivity contribution is 0.0978. The van der Waals surface area contributed by atoms with Crippen LogP contribution in [0.2, 0.25) is 0 Å². The van der Waals surface area contributed by atoms with E-state index in [1.54, 1.807) is 12.1 Å². The molecule has 3 rings (SSSR count). The van der Waals surface area contributed by atoms with Crippen molar-refractivity contribution in [1.82, 2.24) is 0 Å². The van der Waals surface area contributed by atoms with Gasteiger partial charge in [-0.15, -0.1) is 0 Å². The highest BCUT2D eigenvalue weighted by atomic mass is 19.3. The zero-order chi connectivity index (χ0) is 25.9. The summed E-state index contributed by atoms with van der Waals surface area (Å²) >= 11 is 0. The second-order valence-corrected chi connectivity index (χ2v) is 8.25. The summed E-state index contributed by atoms with van der Waals surface area (Å²) < 4.78 is 43.3. The van der Waals surface area contributed by atoms with E-state index in [0.29, 0.717) is 36.2 Å². The predicted molar refractivity (Wildman–Crippen MR) is 137 cm³/mol. The van der Waals surface area contributed by atoms with Gasteiger partial charge in [-0.25, -0.2) is 4.39 Å². The summed E-state index contributed by atoms with van der Waals surface area (Å²) in [7, 11) is 0. The van der Waals surface area contributed by atoms with Gasteiger partial charge in [0.2, 0.25) is 0 Å². The number of carbonyl (C=O) groups excluding carboxylic acids is 2. The summed E-state index contributed by atoms with van der Waals surface area (Å²) in [5, 5.41) is 0. The zero-order valence-electron chi connectivity index (χ0n) is 20.1. The number of anilines is 1. The number of benzene rings is 2. The fourth-order valence-electron chi connectivity index (χ4n) is 3.79. The van der Waals surface area contributed by atoms with E-state index < -0.39 is 11.9 Å². The van der Waals surface area contributed by atoms with E-state index in [1.165, 1.54) is 24.3 Å². The molecule has 0 bridgehead atoms. The molecule has 0 saturated heterocycles. The van der Waals surface area contributed by atoms with Crippen molar-refractivity contribution < 1.29 is 27.2 Å². The van der Waals surface area contributed by atoms with Gasteiger partial charge in [0, 0.05) is 36.3 Å². The van der Waals surface area contributed by atoms with Crippen LogP contribution in [0.5, 0.6) is 0 Å². The zero-order valence-corrected chi connectivity index (χ0v) is 20.1. The molecule has 0 aliphatic heterocycles. The summed E-state index contributed by atoms with van der Waals surface area (Å²) in [6, 6.07) is 16.7. The largest absolute Gasteiger partial charge is 0.454 e. The molecule has 2 aromatic carbocycles. The van der Waals surface area contributed by atoms with Crippen molar-refractivity contribution in [1.29, 1.82) is 0 Å². The number of carbonyl (C=O) groups is 2. The molecule has 0 spiro atoms. The average Bonchev–Trinajstić information content (AvgIpc) is 3.37. The number of nitrogens with zero attached hydrogens (tertiary/aromatic N) is 1. The minimum atomic E-state index is -2.37. The summed E-state index contributed by atoms with van der Waals surface area (Å²) in [4.78, 5) is 25.3. The molecule has 1 aromatic heterocycles. The third-order valence-corrected chi connectivity index (χ3v) is 5.80. The molecule has 3 aromatic rings. The van der Waals surface area contributed by atoms with Crippen LogP contribution < -0.4 is 4.90 Å². The smallest absolute Gasteiger partial charge is 0.306 e. The van der Waals surface area contributed by atoms with Gasteiger partial charge < -0.3 is 9.32 Å². The topological polar surface area (TPSA) is 50.5 Å². The van der Waals surface area contributed by atoms with Crippen molar-refractivity contribution in [3.05, 3.63) is 95.0 Å². The number of rotatable bonds is 13. The molecule has 4 nitrogen and oxygen atoms in total. The molecule has 188 valence electrons. The lowest BCUT2D eigenvalue weighted by Gasteiger charge is -2.23. The molecule has 0 saturated carbocycles. The first kappa shape index (κ1) is 26.7. The summed E-state index contributed by atoms with van der Waals surface area (Å²) in [5.74, 6) is -0.739. The van der Waals surface area contributed by atoms with Crippen LogP contribution in [0.15, 0.2) is 71.2 Å². The van der Waals surface area contributed by atoms with Gasteiger partial charge in [0.25, 0.3) is 0 Å². The number of Topliss-reactive ketones (excluding diaryl/α,β-unsaturated/α-hetero) is 1. The van der Waals surface area contributed by atoms with Crippen LogP contribution in [0, 0.1) is 0 Å². The Balaban J connectivity index is 1.43. The fourth-order valence-corrected chi connectivity index (χ4v) is 3.79. The maximum Gasteiger partial charge on any atom is 0.306 e. The Labute approximate surface area is 208 Å². The lowest BCUT2D eigenvalue weighted by Crippen LogP contribution is -2.23. The third-order valence-electron chi connectivity index (χ3n) is 5.80. The molecule has 1 heterocycles. The molecule has 0 amide bonds. The first-order chi connectivity index (χ1) is 17.4. The van der Waals surface area contributed by atoms with Crippen LogP contribution in [0.4, 0.5) is 18.9 Å². The van der Waals surface area contributed by atoms with Crippen molar-refractivity contribution >= 4 is 35.7 Å². The minimum Gasteiger partial charge on any atom is -0.454 e. The van der Waals surface area contributed by atoms with Crippen molar-refractivity contribution in [3.63, 3.8) is 0 Å². The Morgan fingerprint density at radius 3 is 2.11 bits per heavy atom. The molecule has 0 fully saturated rings. The highest BCUT2D eigenvalue weighted by Gasteiger charge is 2.11. The Morgan fingerprint density at radius 1 is 0.833 bits per heavy atom. The molecular weight excluding hydrogens is 467 g/mol. The van der Waals surface area contributed by atoms with Gasteiger partial charge >= 0.3 is 6.08 Å². The maximum atomic E-state index is 13.3. The van der Waals surface area contributed by atoms with Crippen LogP contribution in [0.3, 0.4) is 0 Å². The van der Waals surface area contributed by atoms with E-state index in [-0.39, 0.29) is 11.3 Å². The number of halogens is 3. The van der Waals surface area contributed by atoms with E-state index in [0.717, 1.165) is 37.2 Å². The predicted octanol–water partition coefficient (Wildman–Crippen LogP) is 8.07. The third kappa shape index (κ3) is 7.57. The highest BCUT2D eigenvalue weighted by molar-refractivity contribution is 5.96. The second-order valence-electron chi connectivity index (χ2n) is 8.25. The van der Waals surface area contributed by atoms with Crippen molar-refractivity contribution in [2.45, 2.75) is 32.6 Å². The number of aldehydes is 1. The van der Waals surface area contributed by atoms with Crippen molar-refractivity contribution in [2.75, 3.05) is 18.0 Å². The van der Waals surface area contributed by atoms with Crippen LogP contribution in [-0.2, 0) is 0 Å². The average molecular weight is 496 g/mol. The van der Waals surface area contributed by atoms with Gasteiger partial charge in [-0.1, -0.05) is 48.9 Å². The summed E-state index contributed by atoms with van der Waals surface area (Å²) in [6.45, 7) is 3.80. The summed E-state index contributed by atoms with van der Waals surface area (Å²) in [5.41, 5.74) is 2.28. The second kappa shape index (κ2) is 13.3. The fraction of sp³-hybridized carbons (Fsp3) is 0.241. The Bertz CT molecular complexity index is 1210. The SMILES string of the molecule is CCN(CCCCCC(=O)c1ccc(C(F)=C(F)F)cc1)c1ccc(C=Cc2ccc(C=O)o2)cc1. The molecule has 7 heteroatoms. The first-order valence-electron chi connectivity index (χ1n) is 11.8. The van der Waals surface area contributed by atoms with Gasteiger partial charge in [-0.05, 0) is 55.7 Å². The van der Waals surface area contributed by atoms with Crippen molar-refractivity contribution in [2.24, 2.45) is 0 Å². The van der Waals surface area contributed by atoms with E-state index in [1.807, 2.05) is 24.3 Å². The van der Waals surface area contributed by atoms with Gasteiger partial charge in [0.1, 0.15) is 5.76 Å². The molecule has 0 radical (unpaired) electrons. The maximum absolute atomic E-state index is 13.3.